The van der Waals surface area contributed by atoms with Crippen LogP contribution in [-0.4, -0.2) is 9.97 Å². The van der Waals surface area contributed by atoms with E-state index >= 15 is 0 Å². The van der Waals surface area contributed by atoms with E-state index in [1.54, 1.807) is 0 Å². The summed E-state index contributed by atoms with van der Waals surface area (Å²) in [6, 6.07) is 7.79. The molecule has 0 spiro atoms. The van der Waals surface area contributed by atoms with Crippen LogP contribution in [0, 0.1) is 6.92 Å². The first kappa shape index (κ1) is 7.68. The van der Waals surface area contributed by atoms with E-state index in [1.165, 1.54) is 0 Å². The van der Waals surface area contributed by atoms with Crippen molar-refractivity contribution in [3.05, 3.63) is 34.6 Å². The van der Waals surface area contributed by atoms with Crippen molar-refractivity contribution in [2.24, 2.45) is 0 Å². The highest BCUT2D eigenvalue weighted by Crippen LogP contribution is 2.13. The van der Waals surface area contributed by atoms with E-state index in [4.69, 9.17) is 0 Å². The van der Waals surface area contributed by atoms with Gasteiger partial charge in [0.2, 0.25) is 0 Å². The fourth-order valence-corrected chi connectivity index (χ4v) is 1.41. The predicted molar refractivity (Wildman–Crippen MR) is 52.0 cm³/mol. The summed E-state index contributed by atoms with van der Waals surface area (Å²) >= 11 is 3.31. The first-order valence-corrected chi connectivity index (χ1v) is 4.45. The van der Waals surface area contributed by atoms with Gasteiger partial charge >= 0.3 is 0 Å². The van der Waals surface area contributed by atoms with E-state index in [0.29, 0.717) is 0 Å². The van der Waals surface area contributed by atoms with Gasteiger partial charge in [0.05, 0.1) is 11.0 Å². The summed E-state index contributed by atoms with van der Waals surface area (Å²) in [5.41, 5.74) is 2.89. The lowest BCUT2D eigenvalue weighted by Gasteiger charge is -1.97. The van der Waals surface area contributed by atoms with Crippen molar-refractivity contribution in [3.63, 3.8) is 0 Å². The lowest BCUT2D eigenvalue weighted by atomic mass is 10.3. The summed E-state index contributed by atoms with van der Waals surface area (Å²) < 4.78 is 0.848. The topological polar surface area (TPSA) is 25.8 Å². The average molecular weight is 223 g/mol. The fourth-order valence-electron chi connectivity index (χ4n) is 1.09. The zero-order valence-electron chi connectivity index (χ0n) is 6.58. The molecule has 0 aliphatic heterocycles. The maximum Gasteiger partial charge on any atom is 0.106 e. The van der Waals surface area contributed by atoms with E-state index in [2.05, 4.69) is 25.9 Å². The van der Waals surface area contributed by atoms with Crippen molar-refractivity contribution in [2.75, 3.05) is 0 Å². The SMILES string of the molecule is Cc1ccc2nc(Br)ccc2n1. The van der Waals surface area contributed by atoms with Crippen LogP contribution in [0.1, 0.15) is 5.69 Å². The van der Waals surface area contributed by atoms with Crippen molar-refractivity contribution < 1.29 is 0 Å². The molecule has 0 bridgehead atoms. The number of pyridine rings is 2. The molecule has 0 aliphatic rings. The van der Waals surface area contributed by atoms with E-state index in [9.17, 15) is 0 Å². The Morgan fingerprint density at radius 2 is 1.67 bits per heavy atom. The molecule has 2 rings (SSSR count). The van der Waals surface area contributed by atoms with Crippen LogP contribution in [0.3, 0.4) is 0 Å². The summed E-state index contributed by atoms with van der Waals surface area (Å²) in [7, 11) is 0. The Labute approximate surface area is 78.8 Å². The Bertz CT molecular complexity index is 385. The lowest BCUT2D eigenvalue weighted by Crippen LogP contribution is -1.85. The average Bonchev–Trinajstić information content (AvgIpc) is 2.05. The Balaban J connectivity index is 2.79. The molecule has 0 fully saturated rings. The lowest BCUT2D eigenvalue weighted by molar-refractivity contribution is 1.23. The Kier molecular flexibility index (Phi) is 1.81. The first-order chi connectivity index (χ1) is 5.75. The van der Waals surface area contributed by atoms with E-state index in [0.717, 1.165) is 21.3 Å². The van der Waals surface area contributed by atoms with Gasteiger partial charge in [-0.3, -0.25) is 4.98 Å². The van der Waals surface area contributed by atoms with Gasteiger partial charge in [-0.25, -0.2) is 4.98 Å². The van der Waals surface area contributed by atoms with Crippen molar-refractivity contribution in [1.29, 1.82) is 0 Å². The van der Waals surface area contributed by atoms with Crippen molar-refractivity contribution in [1.82, 2.24) is 9.97 Å². The summed E-state index contributed by atoms with van der Waals surface area (Å²) in [6.07, 6.45) is 0. The van der Waals surface area contributed by atoms with Gasteiger partial charge in [0.25, 0.3) is 0 Å². The Morgan fingerprint density at radius 3 is 2.50 bits per heavy atom. The zero-order chi connectivity index (χ0) is 8.55. The molecule has 0 radical (unpaired) electrons. The van der Waals surface area contributed by atoms with Crippen molar-refractivity contribution >= 4 is 27.0 Å². The summed E-state index contributed by atoms with van der Waals surface area (Å²) in [4.78, 5) is 8.60. The first-order valence-electron chi connectivity index (χ1n) is 3.65. The molecule has 60 valence electrons. The van der Waals surface area contributed by atoms with Gasteiger partial charge in [-0.2, -0.15) is 0 Å². The van der Waals surface area contributed by atoms with E-state index < -0.39 is 0 Å². The molecule has 0 unspecified atom stereocenters. The molecule has 0 aromatic carbocycles. The minimum absolute atomic E-state index is 0.848. The highest BCUT2D eigenvalue weighted by atomic mass is 79.9. The number of hydrogen-bond donors (Lipinski definition) is 0. The molecule has 3 heteroatoms. The quantitative estimate of drug-likeness (QED) is 0.641. The molecule has 2 heterocycles. The monoisotopic (exact) mass is 222 g/mol. The van der Waals surface area contributed by atoms with Crippen LogP contribution in [0.4, 0.5) is 0 Å². The largest absolute Gasteiger partial charge is 0.251 e. The van der Waals surface area contributed by atoms with Gasteiger partial charge in [0.15, 0.2) is 0 Å². The van der Waals surface area contributed by atoms with Crippen molar-refractivity contribution in [3.8, 4) is 0 Å². The molecular weight excluding hydrogens is 216 g/mol. The summed E-state index contributed by atoms with van der Waals surface area (Å²) in [5, 5.41) is 0. The van der Waals surface area contributed by atoms with Gasteiger partial charge in [0.1, 0.15) is 4.60 Å². The second-order valence-electron chi connectivity index (χ2n) is 2.62. The molecule has 0 N–H and O–H groups in total. The molecule has 2 nitrogen and oxygen atoms in total. The Hall–Kier alpha value is -0.960. The van der Waals surface area contributed by atoms with Crippen LogP contribution in [0.2, 0.25) is 0 Å². The number of halogens is 1. The van der Waals surface area contributed by atoms with Crippen LogP contribution < -0.4 is 0 Å². The third-order valence-electron chi connectivity index (χ3n) is 1.65. The van der Waals surface area contributed by atoms with Gasteiger partial charge in [-0.05, 0) is 47.1 Å². The van der Waals surface area contributed by atoms with Crippen molar-refractivity contribution in [2.45, 2.75) is 6.92 Å². The molecular formula is C9H7BrN2. The molecule has 0 atom stereocenters. The number of rotatable bonds is 0. The molecule has 0 amide bonds. The maximum absolute atomic E-state index is 4.33. The van der Waals surface area contributed by atoms with E-state index in [1.807, 2.05) is 31.2 Å². The molecule has 0 aliphatic carbocycles. The standard InChI is InChI=1S/C9H7BrN2/c1-6-2-3-8-7(11-6)4-5-9(10)12-8/h2-5H,1H3. The summed E-state index contributed by atoms with van der Waals surface area (Å²) in [6.45, 7) is 1.97. The third kappa shape index (κ3) is 1.32. The minimum atomic E-state index is 0.848. The second kappa shape index (κ2) is 2.83. The maximum atomic E-state index is 4.33. The normalized spacial score (nSPS) is 10.5. The molecule has 12 heavy (non-hydrogen) atoms. The van der Waals surface area contributed by atoms with Crippen LogP contribution in [0.5, 0.6) is 0 Å². The number of aryl methyl sites for hydroxylation is 1. The number of aromatic nitrogens is 2. The number of nitrogens with zero attached hydrogens (tertiary/aromatic N) is 2. The minimum Gasteiger partial charge on any atom is -0.251 e. The number of hydrogen-bond acceptors (Lipinski definition) is 2. The molecule has 0 saturated heterocycles. The number of fused-ring (bicyclic) bond motifs is 1. The molecule has 0 saturated carbocycles. The highest BCUT2D eigenvalue weighted by molar-refractivity contribution is 9.10. The zero-order valence-corrected chi connectivity index (χ0v) is 8.17. The van der Waals surface area contributed by atoms with Gasteiger partial charge in [0, 0.05) is 5.69 Å². The van der Waals surface area contributed by atoms with Crippen LogP contribution in [0.15, 0.2) is 28.9 Å². The van der Waals surface area contributed by atoms with Crippen LogP contribution in [0.25, 0.3) is 11.0 Å². The van der Waals surface area contributed by atoms with Crippen LogP contribution in [-0.2, 0) is 0 Å². The third-order valence-corrected chi connectivity index (χ3v) is 2.09. The Morgan fingerprint density at radius 1 is 1.00 bits per heavy atom. The molecule has 2 aromatic rings. The van der Waals surface area contributed by atoms with Gasteiger partial charge in [-0.15, -0.1) is 0 Å². The highest BCUT2D eigenvalue weighted by Gasteiger charge is 1.96. The van der Waals surface area contributed by atoms with Gasteiger partial charge in [-0.1, -0.05) is 0 Å². The van der Waals surface area contributed by atoms with E-state index in [-0.39, 0.29) is 0 Å². The summed E-state index contributed by atoms with van der Waals surface area (Å²) in [5.74, 6) is 0. The fraction of sp³-hybridized carbons (Fsp3) is 0.111. The molecule has 2 aromatic heterocycles. The second-order valence-corrected chi connectivity index (χ2v) is 3.44. The van der Waals surface area contributed by atoms with Gasteiger partial charge < -0.3 is 0 Å². The predicted octanol–water partition coefficient (Wildman–Crippen LogP) is 2.70. The smallest absolute Gasteiger partial charge is 0.106 e. The van der Waals surface area contributed by atoms with Crippen LogP contribution >= 0.6 is 15.9 Å².